The van der Waals surface area contributed by atoms with Crippen LogP contribution in [0, 0.1) is 5.92 Å². The van der Waals surface area contributed by atoms with Crippen LogP contribution in [0.4, 0.5) is 5.13 Å². The zero-order valence-corrected chi connectivity index (χ0v) is 16.3. The van der Waals surface area contributed by atoms with Crippen LogP contribution in [-0.4, -0.2) is 34.6 Å². The molecule has 1 atom stereocenters. The van der Waals surface area contributed by atoms with Crippen LogP contribution in [0.5, 0.6) is 0 Å². The standard InChI is InChI=1S/C18H25N5O2S/c1-11(2)14(19)15(25)20-10-13(24)21-17-23-22-16(26-17)18(3,4)12-8-6-5-7-9-12/h5-9,11,14H,10,19H2,1-4H3,(H,20,25)(H,21,23,24)/t14-/m0/s1. The largest absolute Gasteiger partial charge is 0.346 e. The lowest BCUT2D eigenvalue weighted by Crippen LogP contribution is -2.46. The molecule has 7 nitrogen and oxygen atoms in total. The first kappa shape index (κ1) is 20.0. The Hall–Kier alpha value is -2.32. The van der Waals surface area contributed by atoms with Gasteiger partial charge in [-0.05, 0) is 25.3 Å². The van der Waals surface area contributed by atoms with Crippen molar-refractivity contribution in [2.24, 2.45) is 11.7 Å². The van der Waals surface area contributed by atoms with E-state index in [1.165, 1.54) is 11.3 Å². The summed E-state index contributed by atoms with van der Waals surface area (Å²) >= 11 is 1.32. The zero-order chi connectivity index (χ0) is 19.3. The fraction of sp³-hybridized carbons (Fsp3) is 0.444. The van der Waals surface area contributed by atoms with Crippen molar-refractivity contribution in [1.29, 1.82) is 0 Å². The fourth-order valence-electron chi connectivity index (χ4n) is 2.26. The van der Waals surface area contributed by atoms with E-state index in [2.05, 4.69) is 34.7 Å². The molecule has 2 rings (SSSR count). The zero-order valence-electron chi connectivity index (χ0n) is 15.4. The Bertz CT molecular complexity index is 758. The third kappa shape index (κ3) is 4.86. The Kier molecular flexibility index (Phi) is 6.44. The van der Waals surface area contributed by atoms with Crippen molar-refractivity contribution in [3.8, 4) is 0 Å². The van der Waals surface area contributed by atoms with E-state index < -0.39 is 6.04 Å². The molecule has 8 heteroatoms. The van der Waals surface area contributed by atoms with Gasteiger partial charge in [0.25, 0.3) is 0 Å². The molecule has 0 spiro atoms. The molecule has 1 heterocycles. The summed E-state index contributed by atoms with van der Waals surface area (Å²) in [6.45, 7) is 7.66. The van der Waals surface area contributed by atoms with Crippen molar-refractivity contribution in [3.63, 3.8) is 0 Å². The lowest BCUT2D eigenvalue weighted by Gasteiger charge is -2.21. The molecule has 0 bridgehead atoms. The molecule has 1 aromatic carbocycles. The maximum absolute atomic E-state index is 12.0. The fourth-order valence-corrected chi connectivity index (χ4v) is 3.14. The van der Waals surface area contributed by atoms with E-state index in [-0.39, 0.29) is 29.7 Å². The molecule has 0 aliphatic rings. The van der Waals surface area contributed by atoms with Gasteiger partial charge in [-0.3, -0.25) is 14.9 Å². The van der Waals surface area contributed by atoms with Crippen LogP contribution in [0.2, 0.25) is 0 Å². The number of anilines is 1. The van der Waals surface area contributed by atoms with Crippen LogP contribution in [0.1, 0.15) is 38.3 Å². The van der Waals surface area contributed by atoms with Gasteiger partial charge in [-0.2, -0.15) is 0 Å². The van der Waals surface area contributed by atoms with E-state index in [1.54, 1.807) is 0 Å². The summed E-state index contributed by atoms with van der Waals surface area (Å²) in [7, 11) is 0. The number of amides is 2. The molecule has 1 aromatic heterocycles. The molecular formula is C18H25N5O2S. The number of carbonyl (C=O) groups excluding carboxylic acids is 2. The lowest BCUT2D eigenvalue weighted by atomic mass is 9.85. The van der Waals surface area contributed by atoms with Crippen molar-refractivity contribution >= 4 is 28.3 Å². The smallest absolute Gasteiger partial charge is 0.245 e. The molecule has 26 heavy (non-hydrogen) atoms. The summed E-state index contributed by atoms with van der Waals surface area (Å²) in [5.74, 6) is -0.711. The van der Waals surface area contributed by atoms with Crippen LogP contribution in [0.15, 0.2) is 30.3 Å². The normalized spacial score (nSPS) is 12.7. The Morgan fingerprint density at radius 2 is 1.85 bits per heavy atom. The maximum atomic E-state index is 12.0. The number of nitrogens with two attached hydrogens (primary N) is 1. The molecule has 4 N–H and O–H groups in total. The topological polar surface area (TPSA) is 110 Å². The summed E-state index contributed by atoms with van der Waals surface area (Å²) in [5.41, 5.74) is 6.54. The highest BCUT2D eigenvalue weighted by atomic mass is 32.1. The quantitative estimate of drug-likeness (QED) is 0.685. The number of nitrogens with zero attached hydrogens (tertiary/aromatic N) is 2. The molecule has 0 saturated carbocycles. The molecule has 0 radical (unpaired) electrons. The minimum Gasteiger partial charge on any atom is -0.346 e. The van der Waals surface area contributed by atoms with Crippen molar-refractivity contribution in [1.82, 2.24) is 15.5 Å². The Morgan fingerprint density at radius 3 is 2.46 bits per heavy atom. The van der Waals surface area contributed by atoms with Crippen LogP contribution in [0.25, 0.3) is 0 Å². The van der Waals surface area contributed by atoms with Crippen LogP contribution in [-0.2, 0) is 15.0 Å². The van der Waals surface area contributed by atoms with Gasteiger partial charge in [0.15, 0.2) is 0 Å². The first-order valence-electron chi connectivity index (χ1n) is 8.44. The Labute approximate surface area is 157 Å². The highest BCUT2D eigenvalue weighted by Gasteiger charge is 2.27. The van der Waals surface area contributed by atoms with Crippen LogP contribution < -0.4 is 16.4 Å². The van der Waals surface area contributed by atoms with Gasteiger partial charge in [0.2, 0.25) is 16.9 Å². The SMILES string of the molecule is CC(C)[C@H](N)C(=O)NCC(=O)Nc1nnc(C(C)(C)c2ccccc2)s1. The molecule has 140 valence electrons. The highest BCUT2D eigenvalue weighted by Crippen LogP contribution is 2.34. The number of aromatic nitrogens is 2. The van der Waals surface area contributed by atoms with E-state index in [9.17, 15) is 9.59 Å². The second-order valence-electron chi connectivity index (χ2n) is 6.94. The van der Waals surface area contributed by atoms with Gasteiger partial charge in [-0.15, -0.1) is 10.2 Å². The summed E-state index contributed by atoms with van der Waals surface area (Å²) in [5, 5.41) is 14.6. The van der Waals surface area contributed by atoms with Gasteiger partial charge in [0.1, 0.15) is 5.01 Å². The number of hydrogen-bond acceptors (Lipinski definition) is 6. The molecule has 0 aliphatic carbocycles. The minimum absolute atomic E-state index is 0.00370. The number of nitrogens with one attached hydrogen (secondary N) is 2. The second-order valence-corrected chi connectivity index (χ2v) is 7.92. The predicted molar refractivity (Wildman–Crippen MR) is 103 cm³/mol. The number of rotatable bonds is 7. The van der Waals surface area contributed by atoms with E-state index in [0.29, 0.717) is 5.13 Å². The summed E-state index contributed by atoms with van der Waals surface area (Å²) in [6.07, 6.45) is 0. The molecular weight excluding hydrogens is 350 g/mol. The van der Waals surface area contributed by atoms with Gasteiger partial charge in [0, 0.05) is 5.41 Å². The molecule has 2 aromatic rings. The lowest BCUT2D eigenvalue weighted by molar-refractivity contribution is -0.125. The molecule has 0 unspecified atom stereocenters. The maximum Gasteiger partial charge on any atom is 0.245 e. The Balaban J connectivity index is 1.96. The minimum atomic E-state index is -0.636. The van der Waals surface area contributed by atoms with Gasteiger partial charge < -0.3 is 11.1 Å². The number of carbonyl (C=O) groups is 2. The van der Waals surface area contributed by atoms with Gasteiger partial charge in [0.05, 0.1) is 12.6 Å². The second kappa shape index (κ2) is 8.37. The third-order valence-electron chi connectivity index (χ3n) is 4.15. The van der Waals surface area contributed by atoms with Crippen molar-refractivity contribution < 1.29 is 9.59 Å². The first-order chi connectivity index (χ1) is 12.2. The van der Waals surface area contributed by atoms with Gasteiger partial charge in [-0.25, -0.2) is 0 Å². The predicted octanol–water partition coefficient (Wildman–Crippen LogP) is 1.90. The van der Waals surface area contributed by atoms with E-state index in [0.717, 1.165) is 10.6 Å². The average Bonchev–Trinajstić information content (AvgIpc) is 3.08. The van der Waals surface area contributed by atoms with Crippen molar-refractivity contribution in [3.05, 3.63) is 40.9 Å². The van der Waals surface area contributed by atoms with Crippen molar-refractivity contribution in [2.45, 2.75) is 39.2 Å². The monoisotopic (exact) mass is 375 g/mol. The number of benzene rings is 1. The first-order valence-corrected chi connectivity index (χ1v) is 9.26. The molecule has 0 saturated heterocycles. The summed E-state index contributed by atoms with van der Waals surface area (Å²) < 4.78 is 0. The highest BCUT2D eigenvalue weighted by molar-refractivity contribution is 7.15. The number of hydrogen-bond donors (Lipinski definition) is 3. The van der Waals surface area contributed by atoms with E-state index in [1.807, 2.05) is 44.2 Å². The van der Waals surface area contributed by atoms with Crippen LogP contribution >= 0.6 is 11.3 Å². The van der Waals surface area contributed by atoms with Gasteiger partial charge >= 0.3 is 0 Å². The molecule has 2 amide bonds. The third-order valence-corrected chi connectivity index (χ3v) is 5.31. The van der Waals surface area contributed by atoms with Crippen molar-refractivity contribution in [2.75, 3.05) is 11.9 Å². The van der Waals surface area contributed by atoms with E-state index in [4.69, 9.17) is 5.73 Å². The summed E-state index contributed by atoms with van der Waals surface area (Å²) in [4.78, 5) is 23.8. The molecule has 0 aliphatic heterocycles. The molecule has 0 fully saturated rings. The average molecular weight is 375 g/mol. The van der Waals surface area contributed by atoms with Crippen LogP contribution in [0.3, 0.4) is 0 Å². The Morgan fingerprint density at radius 1 is 1.19 bits per heavy atom. The van der Waals surface area contributed by atoms with E-state index >= 15 is 0 Å². The van der Waals surface area contributed by atoms with Gasteiger partial charge in [-0.1, -0.05) is 55.5 Å². The summed E-state index contributed by atoms with van der Waals surface area (Å²) in [6, 6.07) is 9.35.